The van der Waals surface area contributed by atoms with Crippen LogP contribution in [0.4, 0.5) is 0 Å². The number of hydrogen-bond acceptors (Lipinski definition) is 8. The van der Waals surface area contributed by atoms with Crippen molar-refractivity contribution in [3.63, 3.8) is 0 Å². The molecule has 0 unspecified atom stereocenters. The number of hydrogen-bond donors (Lipinski definition) is 2. The number of amides is 7. The SMILES string of the molecule is O=C(O)CCC(=O)NC(CN1C(=O)C=CC1=O)(CN1C(=O)C=CC1=O)CN1C(=O)CCC1=O. The second-order valence-corrected chi connectivity index (χ2v) is 7.79. The van der Waals surface area contributed by atoms with Gasteiger partial charge in [0.15, 0.2) is 0 Å². The fraction of sp³-hybridized carbons (Fsp3) is 0.400. The molecule has 3 heterocycles. The van der Waals surface area contributed by atoms with Crippen molar-refractivity contribution in [3.8, 4) is 0 Å². The van der Waals surface area contributed by atoms with Crippen LogP contribution in [0.3, 0.4) is 0 Å². The summed E-state index contributed by atoms with van der Waals surface area (Å²) in [5.74, 6) is -6.18. The summed E-state index contributed by atoms with van der Waals surface area (Å²) in [5, 5.41) is 11.4. The van der Waals surface area contributed by atoms with E-state index < -0.39 is 85.3 Å². The molecule has 0 atom stereocenters. The van der Waals surface area contributed by atoms with Gasteiger partial charge in [0.05, 0.1) is 31.6 Å². The van der Waals surface area contributed by atoms with Gasteiger partial charge in [0.25, 0.3) is 23.6 Å². The van der Waals surface area contributed by atoms with Gasteiger partial charge in [-0.2, -0.15) is 0 Å². The maximum Gasteiger partial charge on any atom is 0.303 e. The highest BCUT2D eigenvalue weighted by atomic mass is 16.4. The van der Waals surface area contributed by atoms with Gasteiger partial charge in [0.1, 0.15) is 0 Å². The van der Waals surface area contributed by atoms with Crippen molar-refractivity contribution in [1.29, 1.82) is 0 Å². The molecular weight excluding hydrogens is 440 g/mol. The summed E-state index contributed by atoms with van der Waals surface area (Å²) in [7, 11) is 0. The van der Waals surface area contributed by atoms with Crippen molar-refractivity contribution in [3.05, 3.63) is 24.3 Å². The summed E-state index contributed by atoms with van der Waals surface area (Å²) < 4.78 is 0. The van der Waals surface area contributed by atoms with Gasteiger partial charge < -0.3 is 10.4 Å². The lowest BCUT2D eigenvalue weighted by Crippen LogP contribution is -2.67. The average Bonchev–Trinajstić information content (AvgIpc) is 3.35. The normalized spacial score (nSPS) is 18.4. The van der Waals surface area contributed by atoms with Crippen molar-refractivity contribution in [2.75, 3.05) is 19.6 Å². The fourth-order valence-electron chi connectivity index (χ4n) is 3.73. The van der Waals surface area contributed by atoms with Crippen molar-refractivity contribution < 1.29 is 43.5 Å². The van der Waals surface area contributed by atoms with Crippen LogP contribution < -0.4 is 5.32 Å². The highest BCUT2D eigenvalue weighted by molar-refractivity contribution is 6.14. The van der Waals surface area contributed by atoms with E-state index in [2.05, 4.69) is 5.32 Å². The number of imide groups is 3. The molecule has 0 aliphatic carbocycles. The Labute approximate surface area is 186 Å². The van der Waals surface area contributed by atoms with E-state index in [0.717, 1.165) is 39.0 Å². The zero-order valence-electron chi connectivity index (χ0n) is 17.3. The maximum atomic E-state index is 12.6. The molecule has 7 amide bonds. The van der Waals surface area contributed by atoms with E-state index in [-0.39, 0.29) is 12.8 Å². The number of carbonyl (C=O) groups excluding carboxylic acids is 7. The number of aliphatic carboxylic acids is 1. The molecule has 0 saturated carbocycles. The third kappa shape index (κ3) is 5.19. The van der Waals surface area contributed by atoms with Crippen LogP contribution in [0.25, 0.3) is 0 Å². The maximum absolute atomic E-state index is 12.6. The minimum atomic E-state index is -1.83. The van der Waals surface area contributed by atoms with Crippen LogP contribution in [0.1, 0.15) is 25.7 Å². The van der Waals surface area contributed by atoms with Gasteiger partial charge in [-0.25, -0.2) is 0 Å². The Balaban J connectivity index is 1.99. The third-order valence-corrected chi connectivity index (χ3v) is 5.31. The third-order valence-electron chi connectivity index (χ3n) is 5.31. The molecule has 3 aliphatic rings. The van der Waals surface area contributed by atoms with Crippen molar-refractivity contribution in [2.24, 2.45) is 0 Å². The first-order chi connectivity index (χ1) is 15.5. The molecule has 1 fully saturated rings. The van der Waals surface area contributed by atoms with Crippen LogP contribution in [-0.2, 0) is 38.4 Å². The Kier molecular flexibility index (Phi) is 6.51. The first kappa shape index (κ1) is 23.5. The molecule has 1 saturated heterocycles. The number of rotatable bonds is 10. The molecule has 13 nitrogen and oxygen atoms in total. The molecule has 2 N–H and O–H groups in total. The molecule has 0 bridgehead atoms. The first-order valence-electron chi connectivity index (χ1n) is 9.94. The quantitative estimate of drug-likeness (QED) is 0.339. The van der Waals surface area contributed by atoms with Crippen LogP contribution in [0.15, 0.2) is 24.3 Å². The second kappa shape index (κ2) is 9.14. The summed E-state index contributed by atoms with van der Waals surface area (Å²) in [5.41, 5.74) is -1.83. The monoisotopic (exact) mass is 460 g/mol. The van der Waals surface area contributed by atoms with Gasteiger partial charge in [0, 0.05) is 43.6 Å². The Morgan fingerprint density at radius 1 is 0.727 bits per heavy atom. The standard InChI is InChI=1S/C20H20N4O9/c25-12(1-8-19(32)33)21-20(9-22-13(26)2-3-14(22)27,10-23-15(28)4-5-16(23)29)11-24-17(30)6-7-18(24)31/h2-5H,1,6-11H2,(H,21,25)(H,32,33). The molecule has 33 heavy (non-hydrogen) atoms. The molecule has 0 aromatic rings. The second-order valence-electron chi connectivity index (χ2n) is 7.79. The molecule has 174 valence electrons. The summed E-state index contributed by atoms with van der Waals surface area (Å²) in [6.45, 7) is -1.70. The first-order valence-corrected chi connectivity index (χ1v) is 9.94. The number of likely N-dealkylation sites (tertiary alicyclic amines) is 1. The van der Waals surface area contributed by atoms with Crippen molar-refractivity contribution in [1.82, 2.24) is 20.0 Å². The number of carboxylic acid groups (broad SMARTS) is 1. The Hall–Kier alpha value is -4.16. The Morgan fingerprint density at radius 2 is 1.12 bits per heavy atom. The summed E-state index contributed by atoms with van der Waals surface area (Å²) in [4.78, 5) is 99.2. The van der Waals surface area contributed by atoms with Crippen LogP contribution in [0.5, 0.6) is 0 Å². The molecular formula is C20H20N4O9. The number of carbonyl (C=O) groups is 8. The Bertz CT molecular complexity index is 924. The van der Waals surface area contributed by atoms with E-state index in [1.807, 2.05) is 0 Å². The number of nitrogens with zero attached hydrogens (tertiary/aromatic N) is 3. The molecule has 3 aliphatic heterocycles. The van der Waals surface area contributed by atoms with Crippen LogP contribution in [0.2, 0.25) is 0 Å². The van der Waals surface area contributed by atoms with Gasteiger partial charge in [0.2, 0.25) is 17.7 Å². The largest absolute Gasteiger partial charge is 0.481 e. The van der Waals surface area contributed by atoms with Crippen LogP contribution in [-0.4, -0.2) is 92.3 Å². The van der Waals surface area contributed by atoms with Gasteiger partial charge in [-0.05, 0) is 0 Å². The zero-order chi connectivity index (χ0) is 24.3. The van der Waals surface area contributed by atoms with E-state index >= 15 is 0 Å². The van der Waals surface area contributed by atoms with E-state index in [0.29, 0.717) is 0 Å². The minimum absolute atomic E-state index is 0.0892. The molecule has 0 radical (unpaired) electrons. The van der Waals surface area contributed by atoms with Gasteiger partial charge >= 0.3 is 5.97 Å². The smallest absolute Gasteiger partial charge is 0.303 e. The van der Waals surface area contributed by atoms with Gasteiger partial charge in [-0.3, -0.25) is 53.1 Å². The molecule has 13 heteroatoms. The average molecular weight is 460 g/mol. The fourth-order valence-corrected chi connectivity index (χ4v) is 3.73. The lowest BCUT2D eigenvalue weighted by molar-refractivity contribution is -0.144. The highest BCUT2D eigenvalue weighted by Gasteiger charge is 2.46. The zero-order valence-corrected chi connectivity index (χ0v) is 17.3. The summed E-state index contributed by atoms with van der Waals surface area (Å²) in [6, 6.07) is 0. The predicted octanol–water partition coefficient (Wildman–Crippen LogP) is -2.29. The number of carboxylic acids is 1. The highest BCUT2D eigenvalue weighted by Crippen LogP contribution is 2.22. The predicted molar refractivity (Wildman–Crippen MR) is 105 cm³/mol. The molecule has 3 rings (SSSR count). The van der Waals surface area contributed by atoms with E-state index in [1.165, 1.54) is 0 Å². The topological polar surface area (TPSA) is 179 Å². The molecule has 0 aromatic heterocycles. The van der Waals surface area contributed by atoms with Crippen molar-refractivity contribution in [2.45, 2.75) is 31.2 Å². The van der Waals surface area contributed by atoms with Crippen LogP contribution >= 0.6 is 0 Å². The van der Waals surface area contributed by atoms with Gasteiger partial charge in [-0.1, -0.05) is 0 Å². The van der Waals surface area contributed by atoms with E-state index in [4.69, 9.17) is 5.11 Å². The minimum Gasteiger partial charge on any atom is -0.481 e. The molecule has 0 spiro atoms. The lowest BCUT2D eigenvalue weighted by atomic mass is 9.95. The summed E-state index contributed by atoms with van der Waals surface area (Å²) in [6.07, 6.45) is 2.72. The Morgan fingerprint density at radius 3 is 1.52 bits per heavy atom. The van der Waals surface area contributed by atoms with E-state index in [1.54, 1.807) is 0 Å². The van der Waals surface area contributed by atoms with Crippen LogP contribution in [0, 0.1) is 0 Å². The number of nitrogens with one attached hydrogen (secondary N) is 1. The lowest BCUT2D eigenvalue weighted by Gasteiger charge is -2.41. The summed E-state index contributed by atoms with van der Waals surface area (Å²) >= 11 is 0. The van der Waals surface area contributed by atoms with Crippen molar-refractivity contribution >= 4 is 47.3 Å². The van der Waals surface area contributed by atoms with E-state index in [9.17, 15) is 38.4 Å². The molecule has 0 aromatic carbocycles. The van der Waals surface area contributed by atoms with Gasteiger partial charge in [-0.15, -0.1) is 0 Å².